The number of furan rings is 2. The van der Waals surface area contributed by atoms with Gasteiger partial charge in [0.05, 0.1) is 0 Å². The average Bonchev–Trinajstić information content (AvgIpc) is 4.17. The van der Waals surface area contributed by atoms with Gasteiger partial charge in [-0.3, -0.25) is 0 Å². The number of rotatable bonds is 6. The first-order chi connectivity index (χ1) is 35.6. The third kappa shape index (κ3) is 6.16. The Hall–Kier alpha value is -8.94. The van der Waals surface area contributed by atoms with Gasteiger partial charge in [-0.1, -0.05) is 97.1 Å². The van der Waals surface area contributed by atoms with Gasteiger partial charge in [0, 0.05) is 108 Å². The lowest BCUT2D eigenvalue weighted by molar-refractivity contribution is 0.669. The summed E-state index contributed by atoms with van der Waals surface area (Å²) < 4.78 is 18.2. The molecular formula is C66H38N2O2S2. The summed E-state index contributed by atoms with van der Waals surface area (Å²) in [6.07, 6.45) is 0. The fraction of sp³-hybridized carbons (Fsp3) is 0. The lowest BCUT2D eigenvalue weighted by Crippen LogP contribution is -2.09. The maximum absolute atomic E-state index is 6.57. The normalized spacial score (nSPS) is 12.2. The molecular weight excluding hydrogens is 917 g/mol. The fourth-order valence-corrected chi connectivity index (χ4v) is 13.6. The number of fused-ring (bicyclic) bond motifs is 15. The molecule has 0 spiro atoms. The van der Waals surface area contributed by atoms with E-state index in [0.29, 0.717) is 0 Å². The van der Waals surface area contributed by atoms with E-state index in [4.69, 9.17) is 8.83 Å². The van der Waals surface area contributed by atoms with Gasteiger partial charge < -0.3 is 18.6 Å². The molecule has 6 heteroatoms. The van der Waals surface area contributed by atoms with Gasteiger partial charge in [0.25, 0.3) is 0 Å². The summed E-state index contributed by atoms with van der Waals surface area (Å²) in [5.41, 5.74) is 10.1. The highest BCUT2D eigenvalue weighted by Crippen LogP contribution is 2.47. The highest BCUT2D eigenvalue weighted by molar-refractivity contribution is 7.26. The molecule has 16 rings (SSSR count). The number of hydrogen-bond acceptors (Lipinski definition) is 6. The predicted molar refractivity (Wildman–Crippen MR) is 309 cm³/mol. The second kappa shape index (κ2) is 15.3. The topological polar surface area (TPSA) is 32.8 Å². The van der Waals surface area contributed by atoms with Crippen molar-refractivity contribution in [3.63, 3.8) is 0 Å². The molecule has 16 aromatic rings. The van der Waals surface area contributed by atoms with Crippen LogP contribution in [0, 0.1) is 0 Å². The Balaban J connectivity index is 0.775. The number of thiophene rings is 2. The fourth-order valence-electron chi connectivity index (χ4n) is 11.3. The smallest absolute Gasteiger partial charge is 0.137 e. The minimum absolute atomic E-state index is 0.877. The monoisotopic (exact) mass is 954 g/mol. The number of hydrogen-bond donors (Lipinski definition) is 0. The lowest BCUT2D eigenvalue weighted by Gasteiger charge is -2.25. The van der Waals surface area contributed by atoms with Gasteiger partial charge in [0.1, 0.15) is 22.3 Å². The number of benzene rings is 12. The van der Waals surface area contributed by atoms with Crippen molar-refractivity contribution in [3.8, 4) is 0 Å². The maximum Gasteiger partial charge on any atom is 0.137 e. The van der Waals surface area contributed by atoms with E-state index in [1.807, 2.05) is 22.7 Å². The van der Waals surface area contributed by atoms with Crippen LogP contribution in [0.1, 0.15) is 0 Å². The molecule has 0 atom stereocenters. The molecule has 0 fully saturated rings. The Morgan fingerprint density at radius 1 is 0.222 bits per heavy atom. The van der Waals surface area contributed by atoms with Crippen molar-refractivity contribution in [1.29, 1.82) is 0 Å². The van der Waals surface area contributed by atoms with Gasteiger partial charge in [-0.25, -0.2) is 0 Å². The Bertz CT molecular complexity index is 4580. The van der Waals surface area contributed by atoms with Crippen LogP contribution in [0.15, 0.2) is 239 Å². The second-order valence-corrected chi connectivity index (χ2v) is 21.1. The van der Waals surface area contributed by atoms with Crippen LogP contribution in [0.4, 0.5) is 34.1 Å². The van der Waals surface area contributed by atoms with E-state index in [1.165, 1.54) is 72.7 Å². The van der Waals surface area contributed by atoms with Crippen LogP contribution in [0.5, 0.6) is 0 Å². The lowest BCUT2D eigenvalue weighted by atomic mass is 10.0. The summed E-state index contributed by atoms with van der Waals surface area (Å²) in [5.74, 6) is 0. The van der Waals surface area contributed by atoms with E-state index in [1.54, 1.807) is 0 Å². The van der Waals surface area contributed by atoms with Crippen LogP contribution in [0.3, 0.4) is 0 Å². The van der Waals surface area contributed by atoms with Crippen LogP contribution in [0.25, 0.3) is 117 Å². The average molecular weight is 955 g/mol. The molecule has 72 heavy (non-hydrogen) atoms. The Labute approximate surface area is 420 Å². The summed E-state index contributed by atoms with van der Waals surface area (Å²) in [5, 5.41) is 16.9. The SMILES string of the molecule is c1ccc(N(c2ccc3c(c2)oc2cc4ccccc4cc23)c2ccc3c(c2)sc2cc4cc5c(cc4cc23)sc2cc(N(c3ccccc3)c3ccc4c(c3)oc3cc6ccccc6cc34)ccc25)cc1. The van der Waals surface area contributed by atoms with Crippen molar-refractivity contribution in [2.24, 2.45) is 0 Å². The minimum atomic E-state index is 0.877. The number of para-hydroxylation sites is 2. The van der Waals surface area contributed by atoms with Crippen LogP contribution >= 0.6 is 22.7 Å². The van der Waals surface area contributed by atoms with E-state index in [9.17, 15) is 0 Å². The Kier molecular flexibility index (Phi) is 8.46. The molecule has 0 saturated heterocycles. The van der Waals surface area contributed by atoms with Gasteiger partial charge in [-0.15, -0.1) is 22.7 Å². The van der Waals surface area contributed by atoms with Gasteiger partial charge in [0.15, 0.2) is 0 Å². The predicted octanol–water partition coefficient (Wildman–Crippen LogP) is 20.6. The summed E-state index contributed by atoms with van der Waals surface area (Å²) >= 11 is 3.73. The first-order valence-electron chi connectivity index (χ1n) is 24.3. The van der Waals surface area contributed by atoms with E-state index >= 15 is 0 Å². The van der Waals surface area contributed by atoms with Crippen LogP contribution in [-0.2, 0) is 0 Å². The Morgan fingerprint density at radius 2 is 0.556 bits per heavy atom. The van der Waals surface area contributed by atoms with Gasteiger partial charge >= 0.3 is 0 Å². The van der Waals surface area contributed by atoms with E-state index in [-0.39, 0.29) is 0 Å². The van der Waals surface area contributed by atoms with Gasteiger partial charge in [-0.2, -0.15) is 0 Å². The molecule has 336 valence electrons. The molecule has 0 saturated carbocycles. The van der Waals surface area contributed by atoms with Crippen LogP contribution in [0.2, 0.25) is 0 Å². The van der Waals surface area contributed by atoms with E-state index in [2.05, 4.69) is 240 Å². The number of nitrogens with zero attached hydrogens (tertiary/aromatic N) is 2. The standard InChI is InChI=1S/C66H38N2O2S2/c1-3-15-45(16-4-1)67(47-19-23-51-55-27-39-11-7-9-13-41(39)31-59(55)69-61(51)35-47)49-21-25-53-57-29-43-34-64-58(30-44(43)33-63(57)71-65(53)37-49)54-26-22-50(38-66(54)72-64)68(46-17-5-2-6-18-46)48-20-24-52-56-28-40-12-8-10-14-42(40)32-60(56)70-62(52)36-48/h1-38H. The molecule has 4 aromatic heterocycles. The van der Waals surface area contributed by atoms with Crippen molar-refractivity contribution in [2.75, 3.05) is 9.80 Å². The van der Waals surface area contributed by atoms with E-state index < -0.39 is 0 Å². The largest absolute Gasteiger partial charge is 0.456 e. The summed E-state index contributed by atoms with van der Waals surface area (Å²) in [7, 11) is 0. The molecule has 0 N–H and O–H groups in total. The van der Waals surface area contributed by atoms with Gasteiger partial charge in [0.2, 0.25) is 0 Å². The van der Waals surface area contributed by atoms with Crippen LogP contribution in [-0.4, -0.2) is 0 Å². The first-order valence-corrected chi connectivity index (χ1v) is 25.9. The third-order valence-corrected chi connectivity index (χ3v) is 16.9. The van der Waals surface area contributed by atoms with Crippen LogP contribution < -0.4 is 9.80 Å². The molecule has 0 aliphatic rings. The molecule has 0 aliphatic carbocycles. The molecule has 0 bridgehead atoms. The highest BCUT2D eigenvalue weighted by Gasteiger charge is 2.20. The molecule has 0 unspecified atom stereocenters. The van der Waals surface area contributed by atoms with Gasteiger partial charge in [-0.05, 0) is 154 Å². The molecule has 0 amide bonds. The molecule has 4 heterocycles. The maximum atomic E-state index is 6.57. The minimum Gasteiger partial charge on any atom is -0.456 e. The second-order valence-electron chi connectivity index (χ2n) is 18.9. The number of anilines is 6. The van der Waals surface area contributed by atoms with Crippen molar-refractivity contribution < 1.29 is 8.83 Å². The van der Waals surface area contributed by atoms with Crippen molar-refractivity contribution in [3.05, 3.63) is 231 Å². The van der Waals surface area contributed by atoms with E-state index in [0.717, 1.165) is 78.0 Å². The van der Waals surface area contributed by atoms with Crippen molar-refractivity contribution >= 4 is 173 Å². The quantitative estimate of drug-likeness (QED) is 0.166. The van der Waals surface area contributed by atoms with Crippen molar-refractivity contribution in [2.45, 2.75) is 0 Å². The van der Waals surface area contributed by atoms with Crippen molar-refractivity contribution in [1.82, 2.24) is 0 Å². The molecule has 12 aromatic carbocycles. The molecule has 0 aliphatic heterocycles. The summed E-state index contributed by atoms with van der Waals surface area (Å²) in [6.45, 7) is 0. The first kappa shape index (κ1) is 39.9. The molecule has 4 nitrogen and oxygen atoms in total. The highest BCUT2D eigenvalue weighted by atomic mass is 32.1. The third-order valence-electron chi connectivity index (χ3n) is 14.7. The Morgan fingerprint density at radius 3 is 0.986 bits per heavy atom. The summed E-state index contributed by atoms with van der Waals surface area (Å²) in [4.78, 5) is 4.68. The summed E-state index contributed by atoms with van der Waals surface area (Å²) in [6, 6.07) is 83.8. The molecule has 0 radical (unpaired) electrons. The zero-order chi connectivity index (χ0) is 47.0. The zero-order valence-electron chi connectivity index (χ0n) is 38.5. The zero-order valence-corrected chi connectivity index (χ0v) is 40.1.